The first-order valence-electron chi connectivity index (χ1n) is 6.52. The molecule has 0 aromatic carbocycles. The van der Waals surface area contributed by atoms with Crippen LogP contribution < -0.4 is 5.32 Å². The van der Waals surface area contributed by atoms with Crippen molar-refractivity contribution in [3.05, 3.63) is 17.5 Å². The van der Waals surface area contributed by atoms with Gasteiger partial charge in [-0.1, -0.05) is 5.16 Å². The molecule has 6 nitrogen and oxygen atoms in total. The number of ether oxygens (including phenoxy) is 1. The number of amides is 1. The Bertz CT molecular complexity index is 431. The molecule has 0 aliphatic carbocycles. The van der Waals surface area contributed by atoms with Gasteiger partial charge in [0.1, 0.15) is 0 Å². The Kier molecular flexibility index (Phi) is 4.21. The van der Waals surface area contributed by atoms with Gasteiger partial charge in [0.15, 0.2) is 11.5 Å². The lowest BCUT2D eigenvalue weighted by atomic mass is 10.1. The maximum Gasteiger partial charge on any atom is 0.273 e. The van der Waals surface area contributed by atoms with Crippen LogP contribution in [0.1, 0.15) is 37.0 Å². The zero-order valence-electron chi connectivity index (χ0n) is 11.7. The Hall–Kier alpha value is -1.40. The highest BCUT2D eigenvalue weighted by atomic mass is 16.5. The summed E-state index contributed by atoms with van der Waals surface area (Å²) in [7, 11) is 0. The summed E-state index contributed by atoms with van der Waals surface area (Å²) < 4.78 is 10.5. The normalized spacial score (nSPS) is 17.4. The number of hydrogen-bond donors (Lipinski definition) is 1. The Labute approximate surface area is 113 Å². The summed E-state index contributed by atoms with van der Waals surface area (Å²) in [6.07, 6.45) is 0. The van der Waals surface area contributed by atoms with E-state index >= 15 is 0 Å². The summed E-state index contributed by atoms with van der Waals surface area (Å²) in [5.41, 5.74) is 0.0543. The van der Waals surface area contributed by atoms with E-state index in [2.05, 4.69) is 15.4 Å². The molecule has 0 spiro atoms. The fourth-order valence-corrected chi connectivity index (χ4v) is 1.88. The first-order valence-corrected chi connectivity index (χ1v) is 6.52. The molecule has 1 aliphatic rings. The third-order valence-corrected chi connectivity index (χ3v) is 2.76. The third kappa shape index (κ3) is 4.33. The van der Waals surface area contributed by atoms with E-state index in [-0.39, 0.29) is 11.4 Å². The molecular weight excluding hydrogens is 246 g/mol. The first kappa shape index (κ1) is 14.0. The lowest BCUT2D eigenvalue weighted by molar-refractivity contribution is 0.0305. The standard InChI is InChI=1S/C13H21N3O3/c1-13(2,3)14-12(17)11-8-10(19-15-11)9-16-4-6-18-7-5-16/h8H,4-7,9H2,1-3H3,(H,14,17). The van der Waals surface area contributed by atoms with Gasteiger partial charge in [0.05, 0.1) is 19.8 Å². The number of morpholine rings is 1. The van der Waals surface area contributed by atoms with E-state index in [4.69, 9.17) is 9.26 Å². The Morgan fingerprint density at radius 2 is 2.11 bits per heavy atom. The van der Waals surface area contributed by atoms with Crippen LogP contribution in [0.5, 0.6) is 0 Å². The van der Waals surface area contributed by atoms with Gasteiger partial charge in [0.25, 0.3) is 5.91 Å². The van der Waals surface area contributed by atoms with Crippen LogP contribution in [-0.4, -0.2) is 47.8 Å². The molecule has 6 heteroatoms. The van der Waals surface area contributed by atoms with Gasteiger partial charge in [-0.05, 0) is 20.8 Å². The molecule has 0 radical (unpaired) electrons. The monoisotopic (exact) mass is 267 g/mol. The molecule has 2 rings (SSSR count). The van der Waals surface area contributed by atoms with Crippen LogP contribution in [-0.2, 0) is 11.3 Å². The van der Waals surface area contributed by atoms with Crippen molar-refractivity contribution in [1.29, 1.82) is 0 Å². The number of carbonyl (C=O) groups excluding carboxylic acids is 1. The Balaban J connectivity index is 1.92. The molecule has 1 N–H and O–H groups in total. The molecule has 1 amide bonds. The zero-order valence-corrected chi connectivity index (χ0v) is 11.7. The minimum atomic E-state index is -0.277. The van der Waals surface area contributed by atoms with E-state index in [1.54, 1.807) is 6.07 Å². The summed E-state index contributed by atoms with van der Waals surface area (Å²) in [4.78, 5) is 14.1. The SMILES string of the molecule is CC(C)(C)NC(=O)c1cc(CN2CCOCC2)on1. The third-order valence-electron chi connectivity index (χ3n) is 2.76. The maximum absolute atomic E-state index is 11.9. The predicted molar refractivity (Wildman–Crippen MR) is 69.8 cm³/mol. The van der Waals surface area contributed by atoms with Crippen LogP contribution >= 0.6 is 0 Å². The van der Waals surface area contributed by atoms with Crippen LogP contribution in [0.4, 0.5) is 0 Å². The van der Waals surface area contributed by atoms with Gasteiger partial charge in [-0.3, -0.25) is 9.69 Å². The zero-order chi connectivity index (χ0) is 13.9. The van der Waals surface area contributed by atoms with E-state index in [0.717, 1.165) is 26.3 Å². The minimum absolute atomic E-state index is 0.204. The second kappa shape index (κ2) is 5.71. The molecule has 1 aromatic heterocycles. The first-order chi connectivity index (χ1) is 8.94. The largest absolute Gasteiger partial charge is 0.379 e. The van der Waals surface area contributed by atoms with Crippen LogP contribution in [0.15, 0.2) is 10.6 Å². The summed E-state index contributed by atoms with van der Waals surface area (Å²) >= 11 is 0. The topological polar surface area (TPSA) is 67.6 Å². The molecule has 1 saturated heterocycles. The molecule has 0 unspecified atom stereocenters. The van der Waals surface area contributed by atoms with Gasteiger partial charge in [-0.15, -0.1) is 0 Å². The van der Waals surface area contributed by atoms with E-state index in [9.17, 15) is 4.79 Å². The van der Waals surface area contributed by atoms with Crippen molar-refractivity contribution < 1.29 is 14.1 Å². The van der Waals surface area contributed by atoms with Gasteiger partial charge in [-0.25, -0.2) is 0 Å². The highest BCUT2D eigenvalue weighted by molar-refractivity contribution is 5.92. The summed E-state index contributed by atoms with van der Waals surface area (Å²) in [5.74, 6) is 0.505. The van der Waals surface area contributed by atoms with Crippen LogP contribution in [0.25, 0.3) is 0 Å². The van der Waals surface area contributed by atoms with Gasteiger partial charge in [-0.2, -0.15) is 0 Å². The van der Waals surface area contributed by atoms with E-state index in [1.165, 1.54) is 0 Å². The number of carbonyl (C=O) groups is 1. The predicted octanol–water partition coefficient (Wildman–Crippen LogP) is 1.04. The van der Waals surface area contributed by atoms with Crippen molar-refractivity contribution in [2.75, 3.05) is 26.3 Å². The van der Waals surface area contributed by atoms with E-state index in [1.807, 2.05) is 20.8 Å². The fourth-order valence-electron chi connectivity index (χ4n) is 1.88. The highest BCUT2D eigenvalue weighted by Crippen LogP contribution is 2.10. The summed E-state index contributed by atoms with van der Waals surface area (Å²) in [6, 6.07) is 1.70. The van der Waals surface area contributed by atoms with Crippen molar-refractivity contribution in [2.24, 2.45) is 0 Å². The van der Waals surface area contributed by atoms with Crippen molar-refractivity contribution in [1.82, 2.24) is 15.4 Å². The van der Waals surface area contributed by atoms with Crippen LogP contribution in [0.3, 0.4) is 0 Å². The fraction of sp³-hybridized carbons (Fsp3) is 0.692. The van der Waals surface area contributed by atoms with E-state index < -0.39 is 0 Å². The molecule has 1 aliphatic heterocycles. The number of rotatable bonds is 3. The van der Waals surface area contributed by atoms with Crippen LogP contribution in [0.2, 0.25) is 0 Å². The number of nitrogens with zero attached hydrogens (tertiary/aromatic N) is 2. The van der Waals surface area contributed by atoms with Crippen molar-refractivity contribution >= 4 is 5.91 Å². The molecule has 106 valence electrons. The second-order valence-corrected chi connectivity index (χ2v) is 5.77. The molecule has 1 aromatic rings. The lowest BCUT2D eigenvalue weighted by Crippen LogP contribution is -2.40. The number of aromatic nitrogens is 1. The van der Waals surface area contributed by atoms with Gasteiger partial charge in [0, 0.05) is 24.7 Å². The molecule has 2 heterocycles. The van der Waals surface area contributed by atoms with Crippen LogP contribution in [0, 0.1) is 0 Å². The molecule has 19 heavy (non-hydrogen) atoms. The highest BCUT2D eigenvalue weighted by Gasteiger charge is 2.20. The van der Waals surface area contributed by atoms with E-state index in [0.29, 0.717) is 18.0 Å². The molecule has 0 atom stereocenters. The average molecular weight is 267 g/mol. The van der Waals surface area contributed by atoms with Crippen molar-refractivity contribution in [3.8, 4) is 0 Å². The second-order valence-electron chi connectivity index (χ2n) is 5.77. The molecular formula is C13H21N3O3. The molecule has 0 bridgehead atoms. The van der Waals surface area contributed by atoms with Gasteiger partial charge >= 0.3 is 0 Å². The van der Waals surface area contributed by atoms with Crippen molar-refractivity contribution in [3.63, 3.8) is 0 Å². The Morgan fingerprint density at radius 3 is 2.74 bits per heavy atom. The molecule has 0 saturated carbocycles. The summed E-state index contributed by atoms with van der Waals surface area (Å²) in [6.45, 7) is 9.70. The maximum atomic E-state index is 11.9. The molecule has 1 fully saturated rings. The number of nitrogens with one attached hydrogen (secondary N) is 1. The quantitative estimate of drug-likeness (QED) is 0.886. The smallest absolute Gasteiger partial charge is 0.273 e. The minimum Gasteiger partial charge on any atom is -0.379 e. The van der Waals surface area contributed by atoms with Gasteiger partial charge in [0.2, 0.25) is 0 Å². The Morgan fingerprint density at radius 1 is 1.42 bits per heavy atom. The van der Waals surface area contributed by atoms with Crippen molar-refractivity contribution in [2.45, 2.75) is 32.9 Å². The van der Waals surface area contributed by atoms with Gasteiger partial charge < -0.3 is 14.6 Å². The average Bonchev–Trinajstić information content (AvgIpc) is 2.77. The number of hydrogen-bond acceptors (Lipinski definition) is 5. The summed E-state index contributed by atoms with van der Waals surface area (Å²) in [5, 5.41) is 6.68. The lowest BCUT2D eigenvalue weighted by Gasteiger charge is -2.25.